The van der Waals surface area contributed by atoms with Crippen LogP contribution in [0.4, 0.5) is 0 Å². The van der Waals surface area contributed by atoms with Crippen LogP contribution in [0.5, 0.6) is 11.5 Å². The van der Waals surface area contributed by atoms with Gasteiger partial charge >= 0.3 is 0 Å². The molecule has 0 N–H and O–H groups in total. The van der Waals surface area contributed by atoms with Gasteiger partial charge in [-0.15, -0.1) is 0 Å². The van der Waals surface area contributed by atoms with Gasteiger partial charge in [-0.1, -0.05) is 6.07 Å². The lowest BCUT2D eigenvalue weighted by atomic mass is 10.1. The van der Waals surface area contributed by atoms with E-state index in [0.29, 0.717) is 19.8 Å². The average molecular weight is 327 g/mol. The van der Waals surface area contributed by atoms with E-state index in [-0.39, 0.29) is 6.10 Å². The summed E-state index contributed by atoms with van der Waals surface area (Å²) in [5.41, 5.74) is 2.17. The topological polar surface area (TPSA) is 56.7 Å². The van der Waals surface area contributed by atoms with E-state index in [1.165, 1.54) is 5.56 Å². The number of hydrogen-bond acceptors (Lipinski definition) is 6. The van der Waals surface area contributed by atoms with Gasteiger partial charge < -0.3 is 14.2 Å². The van der Waals surface area contributed by atoms with Crippen molar-refractivity contribution >= 4 is 0 Å². The maximum Gasteiger partial charge on any atom is 0.161 e. The zero-order valence-corrected chi connectivity index (χ0v) is 13.8. The first kappa shape index (κ1) is 15.4. The molecule has 1 atom stereocenters. The van der Waals surface area contributed by atoms with Gasteiger partial charge in [0.05, 0.1) is 12.3 Å². The molecular formula is C18H21N3O3. The lowest BCUT2D eigenvalue weighted by Gasteiger charge is -2.32. The monoisotopic (exact) mass is 327 g/mol. The highest BCUT2D eigenvalue weighted by molar-refractivity contribution is 5.43. The summed E-state index contributed by atoms with van der Waals surface area (Å²) in [6, 6.07) is 8.11. The SMILES string of the molecule is Cc1nccc([C@@H]2CN(Cc3ccc4c(c3)OCCO4)CCO2)n1. The molecule has 0 bridgehead atoms. The number of rotatable bonds is 3. The minimum absolute atomic E-state index is 0.00217. The van der Waals surface area contributed by atoms with Crippen LogP contribution in [-0.2, 0) is 11.3 Å². The minimum Gasteiger partial charge on any atom is -0.486 e. The molecule has 0 radical (unpaired) electrons. The first-order valence-corrected chi connectivity index (χ1v) is 8.30. The number of aryl methyl sites for hydroxylation is 1. The Morgan fingerprint density at radius 2 is 2.00 bits per heavy atom. The highest BCUT2D eigenvalue weighted by Gasteiger charge is 2.23. The van der Waals surface area contributed by atoms with Crippen LogP contribution in [0.25, 0.3) is 0 Å². The first-order valence-electron chi connectivity index (χ1n) is 8.30. The second-order valence-electron chi connectivity index (χ2n) is 6.10. The van der Waals surface area contributed by atoms with Crippen molar-refractivity contribution in [1.29, 1.82) is 0 Å². The van der Waals surface area contributed by atoms with Crippen molar-refractivity contribution in [3.63, 3.8) is 0 Å². The molecule has 0 amide bonds. The first-order chi connectivity index (χ1) is 11.8. The number of hydrogen-bond donors (Lipinski definition) is 0. The smallest absolute Gasteiger partial charge is 0.161 e. The molecule has 2 aliphatic rings. The minimum atomic E-state index is -0.00217. The van der Waals surface area contributed by atoms with Crippen LogP contribution in [0.2, 0.25) is 0 Å². The Morgan fingerprint density at radius 3 is 2.88 bits per heavy atom. The largest absolute Gasteiger partial charge is 0.486 e. The fourth-order valence-corrected chi connectivity index (χ4v) is 3.12. The molecule has 6 heteroatoms. The molecule has 1 aromatic carbocycles. The van der Waals surface area contributed by atoms with Crippen LogP contribution >= 0.6 is 0 Å². The Hall–Kier alpha value is -2.18. The maximum absolute atomic E-state index is 5.90. The van der Waals surface area contributed by atoms with Crippen LogP contribution in [0.15, 0.2) is 30.5 Å². The number of benzene rings is 1. The standard InChI is InChI=1S/C18H21N3O3/c1-13-19-5-4-15(20-13)18-12-21(6-7-22-18)11-14-2-3-16-17(10-14)24-9-8-23-16/h2-5,10,18H,6-9,11-12H2,1H3/t18-/m0/s1. The van der Waals surface area contributed by atoms with Crippen LogP contribution < -0.4 is 9.47 Å². The number of aromatic nitrogens is 2. The van der Waals surface area contributed by atoms with Crippen molar-refractivity contribution in [1.82, 2.24) is 14.9 Å². The maximum atomic E-state index is 5.90. The molecule has 0 aliphatic carbocycles. The molecule has 3 heterocycles. The van der Waals surface area contributed by atoms with E-state index in [4.69, 9.17) is 14.2 Å². The summed E-state index contributed by atoms with van der Waals surface area (Å²) in [5, 5.41) is 0. The zero-order chi connectivity index (χ0) is 16.4. The van der Waals surface area contributed by atoms with Gasteiger partial charge in [-0.05, 0) is 30.7 Å². The second kappa shape index (κ2) is 6.75. The molecule has 24 heavy (non-hydrogen) atoms. The van der Waals surface area contributed by atoms with Gasteiger partial charge in [-0.3, -0.25) is 4.90 Å². The summed E-state index contributed by atoms with van der Waals surface area (Å²) in [4.78, 5) is 11.0. The van der Waals surface area contributed by atoms with Gasteiger partial charge in [0.2, 0.25) is 0 Å². The third kappa shape index (κ3) is 3.34. The Labute approximate surface area is 141 Å². The third-order valence-electron chi connectivity index (χ3n) is 4.29. The van der Waals surface area contributed by atoms with Gasteiger partial charge in [-0.2, -0.15) is 0 Å². The van der Waals surface area contributed by atoms with Gasteiger partial charge in [0.25, 0.3) is 0 Å². The average Bonchev–Trinajstić information content (AvgIpc) is 2.62. The Balaban J connectivity index is 1.45. The fourth-order valence-electron chi connectivity index (χ4n) is 3.12. The molecule has 0 spiro atoms. The van der Waals surface area contributed by atoms with Crippen LogP contribution in [0.1, 0.15) is 23.2 Å². The van der Waals surface area contributed by atoms with Crippen molar-refractivity contribution in [3.8, 4) is 11.5 Å². The predicted octanol–water partition coefficient (Wildman–Crippen LogP) is 2.13. The number of nitrogens with zero attached hydrogens (tertiary/aromatic N) is 3. The summed E-state index contributed by atoms with van der Waals surface area (Å²) in [6.07, 6.45) is 1.79. The Bertz CT molecular complexity index is 722. The van der Waals surface area contributed by atoms with E-state index in [1.807, 2.05) is 19.1 Å². The van der Waals surface area contributed by atoms with E-state index >= 15 is 0 Å². The number of morpholine rings is 1. The lowest BCUT2D eigenvalue weighted by Crippen LogP contribution is -2.38. The Morgan fingerprint density at radius 1 is 1.12 bits per heavy atom. The second-order valence-corrected chi connectivity index (χ2v) is 6.10. The van der Waals surface area contributed by atoms with Gasteiger partial charge in [-0.25, -0.2) is 9.97 Å². The summed E-state index contributed by atoms with van der Waals surface area (Å²) < 4.78 is 17.2. The van der Waals surface area contributed by atoms with E-state index in [2.05, 4.69) is 27.0 Å². The normalized spacial score (nSPS) is 20.8. The van der Waals surface area contributed by atoms with Crippen molar-refractivity contribution in [3.05, 3.63) is 47.5 Å². The number of fused-ring (bicyclic) bond motifs is 1. The summed E-state index contributed by atoms with van der Waals surface area (Å²) in [7, 11) is 0. The van der Waals surface area contributed by atoms with E-state index in [9.17, 15) is 0 Å². The summed E-state index contributed by atoms with van der Waals surface area (Å²) >= 11 is 0. The molecule has 2 aromatic rings. The lowest BCUT2D eigenvalue weighted by molar-refractivity contribution is -0.0351. The van der Waals surface area contributed by atoms with Gasteiger partial charge in [0.1, 0.15) is 25.1 Å². The summed E-state index contributed by atoms with van der Waals surface area (Å²) in [5.74, 6) is 2.45. The van der Waals surface area contributed by atoms with Crippen LogP contribution in [0, 0.1) is 6.92 Å². The molecule has 1 aromatic heterocycles. The van der Waals surface area contributed by atoms with E-state index < -0.39 is 0 Å². The molecule has 4 rings (SSSR count). The summed E-state index contributed by atoms with van der Waals surface area (Å²) in [6.45, 7) is 6.44. The molecule has 1 fully saturated rings. The van der Waals surface area contributed by atoms with Gasteiger partial charge in [0.15, 0.2) is 11.5 Å². The molecule has 6 nitrogen and oxygen atoms in total. The van der Waals surface area contributed by atoms with Crippen LogP contribution in [-0.4, -0.2) is 47.8 Å². The molecule has 126 valence electrons. The van der Waals surface area contributed by atoms with Crippen molar-refractivity contribution in [2.75, 3.05) is 32.9 Å². The van der Waals surface area contributed by atoms with Crippen molar-refractivity contribution < 1.29 is 14.2 Å². The number of ether oxygens (including phenoxy) is 3. The highest BCUT2D eigenvalue weighted by Crippen LogP contribution is 2.31. The molecule has 0 unspecified atom stereocenters. The van der Waals surface area contributed by atoms with E-state index in [0.717, 1.165) is 42.7 Å². The Kier molecular flexibility index (Phi) is 4.32. The highest BCUT2D eigenvalue weighted by atomic mass is 16.6. The third-order valence-corrected chi connectivity index (χ3v) is 4.29. The molecule has 2 aliphatic heterocycles. The molecular weight excluding hydrogens is 306 g/mol. The molecule has 1 saturated heterocycles. The van der Waals surface area contributed by atoms with E-state index in [1.54, 1.807) is 6.20 Å². The van der Waals surface area contributed by atoms with Gasteiger partial charge in [0, 0.05) is 25.8 Å². The van der Waals surface area contributed by atoms with Crippen LogP contribution in [0.3, 0.4) is 0 Å². The van der Waals surface area contributed by atoms with Crippen molar-refractivity contribution in [2.45, 2.75) is 19.6 Å². The fraction of sp³-hybridized carbons (Fsp3) is 0.444. The predicted molar refractivity (Wildman–Crippen MR) is 88.2 cm³/mol. The van der Waals surface area contributed by atoms with Crippen molar-refractivity contribution in [2.24, 2.45) is 0 Å². The zero-order valence-electron chi connectivity index (χ0n) is 13.8. The quantitative estimate of drug-likeness (QED) is 0.861. The molecule has 0 saturated carbocycles.